The Labute approximate surface area is 158 Å². The summed E-state index contributed by atoms with van der Waals surface area (Å²) in [7, 11) is 0. The van der Waals surface area contributed by atoms with Gasteiger partial charge in [-0.05, 0) is 33.1 Å². The van der Waals surface area contributed by atoms with Gasteiger partial charge in [0.1, 0.15) is 5.01 Å². The van der Waals surface area contributed by atoms with Crippen molar-refractivity contribution in [1.82, 2.24) is 15.6 Å². The summed E-state index contributed by atoms with van der Waals surface area (Å²) in [6, 6.07) is 10.7. The molecule has 4 rings (SSSR count). The second-order valence-corrected chi connectivity index (χ2v) is 8.03. The van der Waals surface area contributed by atoms with Crippen LogP contribution in [0.2, 0.25) is 0 Å². The number of hydrogen-bond acceptors (Lipinski definition) is 4. The predicted octanol–water partition coefficient (Wildman–Crippen LogP) is 3.49. The van der Waals surface area contributed by atoms with Crippen LogP contribution in [0, 0.1) is 6.92 Å². The van der Waals surface area contributed by atoms with Gasteiger partial charge in [0.15, 0.2) is 5.96 Å². The van der Waals surface area contributed by atoms with Crippen molar-refractivity contribution in [3.63, 3.8) is 0 Å². The quantitative estimate of drug-likeness (QED) is 0.625. The van der Waals surface area contributed by atoms with Gasteiger partial charge in [0.25, 0.3) is 0 Å². The molecule has 3 atom stereocenters. The highest BCUT2D eigenvalue weighted by molar-refractivity contribution is 7.15. The third kappa shape index (κ3) is 3.76. The van der Waals surface area contributed by atoms with E-state index in [1.54, 1.807) is 11.3 Å². The van der Waals surface area contributed by atoms with Crippen molar-refractivity contribution in [3.05, 3.63) is 40.9 Å². The summed E-state index contributed by atoms with van der Waals surface area (Å²) in [4.78, 5) is 10.7. The van der Waals surface area contributed by atoms with Crippen molar-refractivity contribution < 1.29 is 4.74 Å². The Morgan fingerprint density at radius 1 is 1.31 bits per heavy atom. The molecule has 2 aromatic rings. The maximum Gasteiger partial charge on any atom is 0.191 e. The number of nitrogens with zero attached hydrogens (tertiary/aromatic N) is 2. The van der Waals surface area contributed by atoms with Crippen LogP contribution in [0.3, 0.4) is 0 Å². The maximum atomic E-state index is 5.94. The zero-order valence-corrected chi connectivity index (χ0v) is 16.2. The van der Waals surface area contributed by atoms with E-state index in [2.05, 4.69) is 48.7 Å². The molecular formula is C20H26N4OS. The molecule has 1 aromatic carbocycles. The third-order valence-corrected chi connectivity index (χ3v) is 6.26. The van der Waals surface area contributed by atoms with Gasteiger partial charge in [-0.25, -0.2) is 9.98 Å². The van der Waals surface area contributed by atoms with E-state index in [-0.39, 0.29) is 0 Å². The third-order valence-electron chi connectivity index (χ3n) is 5.07. The first-order chi connectivity index (χ1) is 12.7. The molecule has 0 amide bonds. The molecule has 2 aliphatic rings. The van der Waals surface area contributed by atoms with E-state index in [4.69, 9.17) is 14.7 Å². The number of hydrogen-bond donors (Lipinski definition) is 2. The highest BCUT2D eigenvalue weighted by Gasteiger charge is 2.41. The number of fused-ring (bicyclic) bond motifs is 2. The maximum absolute atomic E-state index is 5.94. The lowest BCUT2D eigenvalue weighted by Gasteiger charge is -2.22. The molecule has 1 aromatic heterocycles. The molecule has 2 N–H and O–H groups in total. The van der Waals surface area contributed by atoms with Crippen LogP contribution < -0.4 is 10.6 Å². The molecule has 0 aliphatic carbocycles. The molecule has 2 bridgehead atoms. The minimum absolute atomic E-state index is 0.346. The number of aliphatic imine (C=N–C) groups is 1. The fourth-order valence-electron chi connectivity index (χ4n) is 3.72. The number of nitrogens with one attached hydrogen (secondary N) is 2. The number of rotatable bonds is 5. The fraction of sp³-hybridized carbons (Fsp3) is 0.500. The summed E-state index contributed by atoms with van der Waals surface area (Å²) in [5, 5.41) is 8.00. The molecule has 0 radical (unpaired) electrons. The van der Waals surface area contributed by atoms with Gasteiger partial charge >= 0.3 is 0 Å². The lowest BCUT2D eigenvalue weighted by Crippen LogP contribution is -2.47. The van der Waals surface area contributed by atoms with Crippen LogP contribution in [-0.2, 0) is 11.3 Å². The van der Waals surface area contributed by atoms with Gasteiger partial charge in [0.05, 0.1) is 30.5 Å². The zero-order chi connectivity index (χ0) is 17.9. The van der Waals surface area contributed by atoms with Crippen LogP contribution >= 0.6 is 11.3 Å². The highest BCUT2D eigenvalue weighted by Crippen LogP contribution is 2.34. The molecular weight excluding hydrogens is 344 g/mol. The molecule has 2 fully saturated rings. The van der Waals surface area contributed by atoms with Gasteiger partial charge in [-0.3, -0.25) is 0 Å². The standard InChI is InChI=1S/C20H26N4OS/c1-3-21-20(24-16-11-15-9-10-17(16)25-15)22-12-18-13(2)23-19(26-18)14-7-5-4-6-8-14/h4-8,15-17H,3,9-12H2,1-2H3,(H2,21,22,24). The minimum Gasteiger partial charge on any atom is -0.373 e. The molecule has 0 spiro atoms. The van der Waals surface area contributed by atoms with Gasteiger partial charge in [-0.2, -0.15) is 0 Å². The molecule has 3 unspecified atom stereocenters. The van der Waals surface area contributed by atoms with Gasteiger partial charge in [0, 0.05) is 17.0 Å². The summed E-state index contributed by atoms with van der Waals surface area (Å²) in [6.07, 6.45) is 4.25. The van der Waals surface area contributed by atoms with E-state index in [9.17, 15) is 0 Å². The van der Waals surface area contributed by atoms with Crippen molar-refractivity contribution in [2.24, 2.45) is 4.99 Å². The van der Waals surface area contributed by atoms with Gasteiger partial charge in [0.2, 0.25) is 0 Å². The number of guanidine groups is 1. The van der Waals surface area contributed by atoms with Crippen LogP contribution in [-0.4, -0.2) is 35.7 Å². The summed E-state index contributed by atoms with van der Waals surface area (Å²) in [5.41, 5.74) is 2.23. The van der Waals surface area contributed by atoms with Gasteiger partial charge in [-0.1, -0.05) is 30.3 Å². The molecule has 2 aliphatic heterocycles. The van der Waals surface area contributed by atoms with Crippen molar-refractivity contribution in [1.29, 1.82) is 0 Å². The molecule has 2 saturated heterocycles. The van der Waals surface area contributed by atoms with E-state index in [0.717, 1.165) is 36.0 Å². The van der Waals surface area contributed by atoms with Crippen LogP contribution in [0.1, 0.15) is 36.8 Å². The van der Waals surface area contributed by atoms with Crippen LogP contribution in [0.4, 0.5) is 0 Å². The van der Waals surface area contributed by atoms with E-state index in [0.29, 0.717) is 24.8 Å². The van der Waals surface area contributed by atoms with Crippen molar-refractivity contribution in [2.75, 3.05) is 6.54 Å². The molecule has 138 valence electrons. The zero-order valence-electron chi connectivity index (χ0n) is 15.4. The van der Waals surface area contributed by atoms with E-state index < -0.39 is 0 Å². The Morgan fingerprint density at radius 2 is 2.15 bits per heavy atom. The average molecular weight is 371 g/mol. The molecule has 3 heterocycles. The summed E-state index contributed by atoms with van der Waals surface area (Å²) in [5.74, 6) is 0.878. The lowest BCUT2D eigenvalue weighted by atomic mass is 9.96. The topological polar surface area (TPSA) is 58.5 Å². The molecule has 5 nitrogen and oxygen atoms in total. The van der Waals surface area contributed by atoms with Crippen LogP contribution in [0.15, 0.2) is 35.3 Å². The van der Waals surface area contributed by atoms with Crippen molar-refractivity contribution in [3.8, 4) is 10.6 Å². The Kier molecular flexibility index (Phi) is 5.22. The first kappa shape index (κ1) is 17.5. The van der Waals surface area contributed by atoms with E-state index >= 15 is 0 Å². The van der Waals surface area contributed by atoms with E-state index in [1.807, 2.05) is 6.07 Å². The van der Waals surface area contributed by atoms with E-state index in [1.165, 1.54) is 16.9 Å². The number of ether oxygens (including phenoxy) is 1. The highest BCUT2D eigenvalue weighted by atomic mass is 32.1. The summed E-state index contributed by atoms with van der Waals surface area (Å²) >= 11 is 1.73. The predicted molar refractivity (Wildman–Crippen MR) is 107 cm³/mol. The Balaban J connectivity index is 1.45. The number of benzene rings is 1. The second-order valence-electron chi connectivity index (χ2n) is 6.95. The monoisotopic (exact) mass is 370 g/mol. The molecule has 6 heteroatoms. The normalized spacial score (nSPS) is 24.8. The smallest absolute Gasteiger partial charge is 0.191 e. The molecule has 0 saturated carbocycles. The Bertz CT molecular complexity index is 773. The van der Waals surface area contributed by atoms with Crippen LogP contribution in [0.5, 0.6) is 0 Å². The SMILES string of the molecule is CCNC(=NCc1sc(-c2ccccc2)nc1C)NC1CC2CCC1O2. The summed E-state index contributed by atoms with van der Waals surface area (Å²) in [6.45, 7) is 5.66. The average Bonchev–Trinajstić information content (AvgIpc) is 3.36. The van der Waals surface area contributed by atoms with Gasteiger partial charge in [-0.15, -0.1) is 11.3 Å². The largest absolute Gasteiger partial charge is 0.373 e. The fourth-order valence-corrected chi connectivity index (χ4v) is 4.71. The Hall–Kier alpha value is -1.92. The van der Waals surface area contributed by atoms with Crippen LogP contribution in [0.25, 0.3) is 10.6 Å². The minimum atomic E-state index is 0.346. The number of aromatic nitrogens is 1. The summed E-state index contributed by atoms with van der Waals surface area (Å²) < 4.78 is 5.94. The van der Waals surface area contributed by atoms with Gasteiger partial charge < -0.3 is 15.4 Å². The van der Waals surface area contributed by atoms with Crippen molar-refractivity contribution in [2.45, 2.75) is 57.9 Å². The second kappa shape index (κ2) is 7.76. The number of thiazole rings is 1. The lowest BCUT2D eigenvalue weighted by molar-refractivity contribution is 0.0992. The first-order valence-electron chi connectivity index (χ1n) is 9.45. The van der Waals surface area contributed by atoms with Crippen molar-refractivity contribution >= 4 is 17.3 Å². The number of aryl methyl sites for hydroxylation is 1. The Morgan fingerprint density at radius 3 is 2.85 bits per heavy atom. The molecule has 26 heavy (non-hydrogen) atoms. The first-order valence-corrected chi connectivity index (χ1v) is 10.3.